The molecule has 1 aromatic rings. The number of carbonyl (C=O) groups excluding carboxylic acids is 2. The number of ether oxygens (including phenoxy) is 1. The van der Waals surface area contributed by atoms with Crippen molar-refractivity contribution in [1.82, 2.24) is 0 Å². The number of halogens is 2. The lowest BCUT2D eigenvalue weighted by Gasteiger charge is -2.02. The number of para-hydroxylation sites is 1. The Kier molecular flexibility index (Phi) is 3.59. The SMILES string of the molecule is O=C(Cl)CC(=O)Oc1ccccc1F. The molecule has 3 nitrogen and oxygen atoms in total. The molecule has 0 aliphatic carbocycles. The number of esters is 1. The summed E-state index contributed by atoms with van der Waals surface area (Å²) in [5, 5.41) is -0.841. The predicted molar refractivity (Wildman–Crippen MR) is 47.5 cm³/mol. The monoisotopic (exact) mass is 216 g/mol. The highest BCUT2D eigenvalue weighted by Crippen LogP contribution is 2.15. The molecule has 74 valence electrons. The van der Waals surface area contributed by atoms with Crippen molar-refractivity contribution in [3.05, 3.63) is 30.1 Å². The van der Waals surface area contributed by atoms with E-state index in [-0.39, 0.29) is 5.75 Å². The maximum Gasteiger partial charge on any atom is 0.320 e. The fraction of sp³-hybridized carbons (Fsp3) is 0.111. The Morgan fingerprint density at radius 1 is 1.36 bits per heavy atom. The van der Waals surface area contributed by atoms with Crippen LogP contribution in [0, 0.1) is 5.82 Å². The van der Waals surface area contributed by atoms with Gasteiger partial charge in [-0.1, -0.05) is 12.1 Å². The van der Waals surface area contributed by atoms with Crippen molar-refractivity contribution in [3.8, 4) is 5.75 Å². The van der Waals surface area contributed by atoms with Crippen LogP contribution in [0.2, 0.25) is 0 Å². The molecule has 0 aromatic heterocycles. The first-order valence-corrected chi connectivity index (χ1v) is 4.11. The number of hydrogen-bond acceptors (Lipinski definition) is 3. The summed E-state index contributed by atoms with van der Waals surface area (Å²) in [6.07, 6.45) is -0.574. The van der Waals surface area contributed by atoms with Crippen LogP contribution in [0.4, 0.5) is 4.39 Å². The van der Waals surface area contributed by atoms with Crippen molar-refractivity contribution >= 4 is 22.8 Å². The van der Waals surface area contributed by atoms with E-state index < -0.39 is 23.4 Å². The van der Waals surface area contributed by atoms with Crippen molar-refractivity contribution in [3.63, 3.8) is 0 Å². The number of carbonyl (C=O) groups is 2. The van der Waals surface area contributed by atoms with Crippen LogP contribution in [-0.4, -0.2) is 11.2 Å². The zero-order valence-corrected chi connectivity index (χ0v) is 7.75. The van der Waals surface area contributed by atoms with Gasteiger partial charge in [0.2, 0.25) is 5.24 Å². The van der Waals surface area contributed by atoms with Crippen molar-refractivity contribution in [1.29, 1.82) is 0 Å². The van der Waals surface area contributed by atoms with Crippen LogP contribution < -0.4 is 4.74 Å². The van der Waals surface area contributed by atoms with Gasteiger partial charge >= 0.3 is 5.97 Å². The van der Waals surface area contributed by atoms with Crippen LogP contribution >= 0.6 is 11.6 Å². The zero-order valence-electron chi connectivity index (χ0n) is 7.00. The largest absolute Gasteiger partial charge is 0.423 e. The Morgan fingerprint density at radius 3 is 2.57 bits per heavy atom. The topological polar surface area (TPSA) is 43.4 Å². The first-order valence-electron chi connectivity index (χ1n) is 3.73. The standard InChI is InChI=1S/C9H6ClFO3/c10-8(12)5-9(13)14-7-4-2-1-3-6(7)11/h1-4H,5H2. The normalized spacial score (nSPS) is 9.57. The molecule has 0 atom stereocenters. The lowest BCUT2D eigenvalue weighted by atomic mass is 10.3. The number of hydrogen-bond donors (Lipinski definition) is 0. The molecule has 0 heterocycles. The van der Waals surface area contributed by atoms with E-state index in [9.17, 15) is 14.0 Å². The fourth-order valence-corrected chi connectivity index (χ4v) is 0.909. The van der Waals surface area contributed by atoms with Gasteiger partial charge in [0, 0.05) is 0 Å². The summed E-state index contributed by atoms with van der Waals surface area (Å²) in [6, 6.07) is 5.39. The van der Waals surface area contributed by atoms with Crippen LogP contribution in [-0.2, 0) is 9.59 Å². The van der Waals surface area contributed by atoms with Crippen molar-refractivity contribution in [2.75, 3.05) is 0 Å². The lowest BCUT2D eigenvalue weighted by Crippen LogP contribution is -2.11. The van der Waals surface area contributed by atoms with Gasteiger partial charge in [-0.3, -0.25) is 9.59 Å². The van der Waals surface area contributed by atoms with E-state index in [1.54, 1.807) is 0 Å². The minimum Gasteiger partial charge on any atom is -0.423 e. The molecule has 0 amide bonds. The third-order valence-electron chi connectivity index (χ3n) is 1.34. The Morgan fingerprint density at radius 2 is 2.00 bits per heavy atom. The molecule has 0 saturated heterocycles. The highest BCUT2D eigenvalue weighted by molar-refractivity contribution is 6.64. The van der Waals surface area contributed by atoms with E-state index >= 15 is 0 Å². The molecule has 0 fully saturated rings. The molecule has 1 rings (SSSR count). The van der Waals surface area contributed by atoms with E-state index in [1.807, 2.05) is 0 Å². The van der Waals surface area contributed by atoms with Gasteiger partial charge in [-0.05, 0) is 23.7 Å². The average Bonchev–Trinajstić information content (AvgIpc) is 2.07. The van der Waals surface area contributed by atoms with E-state index in [1.165, 1.54) is 18.2 Å². The summed E-state index contributed by atoms with van der Waals surface area (Å²) in [5.41, 5.74) is 0. The van der Waals surface area contributed by atoms with Crippen molar-refractivity contribution in [2.45, 2.75) is 6.42 Å². The van der Waals surface area contributed by atoms with Crippen LogP contribution in [0.1, 0.15) is 6.42 Å². The van der Waals surface area contributed by atoms with Crippen LogP contribution in [0.25, 0.3) is 0 Å². The summed E-state index contributed by atoms with van der Waals surface area (Å²) in [7, 11) is 0. The maximum atomic E-state index is 12.9. The molecule has 1 aromatic carbocycles. The smallest absolute Gasteiger partial charge is 0.320 e. The first-order chi connectivity index (χ1) is 6.59. The fourth-order valence-electron chi connectivity index (χ4n) is 0.800. The summed E-state index contributed by atoms with van der Waals surface area (Å²) < 4.78 is 17.4. The maximum absolute atomic E-state index is 12.9. The molecular formula is C9H6ClFO3. The minimum atomic E-state index is -0.880. The first kappa shape index (κ1) is 10.7. The summed E-state index contributed by atoms with van der Waals surface area (Å²) in [6.45, 7) is 0. The van der Waals surface area contributed by atoms with Gasteiger partial charge in [0.1, 0.15) is 6.42 Å². The molecule has 0 bridgehead atoms. The van der Waals surface area contributed by atoms with Gasteiger partial charge in [0.25, 0.3) is 0 Å². The highest BCUT2D eigenvalue weighted by Gasteiger charge is 2.11. The quantitative estimate of drug-likeness (QED) is 0.335. The molecule has 0 aliphatic rings. The summed E-state index contributed by atoms with van der Waals surface area (Å²) in [5.74, 6) is -1.76. The Bertz CT molecular complexity index is 365. The van der Waals surface area contributed by atoms with Gasteiger partial charge in [0.15, 0.2) is 11.6 Å². The number of benzene rings is 1. The van der Waals surface area contributed by atoms with Gasteiger partial charge < -0.3 is 4.74 Å². The molecule has 5 heteroatoms. The molecule has 0 aliphatic heterocycles. The van der Waals surface area contributed by atoms with Gasteiger partial charge in [0.05, 0.1) is 0 Å². The van der Waals surface area contributed by atoms with Crippen LogP contribution in [0.3, 0.4) is 0 Å². The Labute approximate surface area is 84.4 Å². The second-order valence-electron chi connectivity index (χ2n) is 2.44. The highest BCUT2D eigenvalue weighted by atomic mass is 35.5. The van der Waals surface area contributed by atoms with E-state index in [4.69, 9.17) is 11.6 Å². The second kappa shape index (κ2) is 4.72. The van der Waals surface area contributed by atoms with E-state index in [0.717, 1.165) is 6.07 Å². The molecule has 0 saturated carbocycles. The third-order valence-corrected chi connectivity index (χ3v) is 1.48. The summed E-state index contributed by atoms with van der Waals surface area (Å²) >= 11 is 4.95. The van der Waals surface area contributed by atoms with Crippen molar-refractivity contribution in [2.24, 2.45) is 0 Å². The average molecular weight is 217 g/mol. The van der Waals surface area contributed by atoms with Gasteiger partial charge in [-0.25, -0.2) is 4.39 Å². The van der Waals surface area contributed by atoms with Crippen LogP contribution in [0.15, 0.2) is 24.3 Å². The lowest BCUT2D eigenvalue weighted by molar-refractivity contribution is -0.136. The Balaban J connectivity index is 2.65. The molecule has 0 unspecified atom stereocenters. The van der Waals surface area contributed by atoms with Gasteiger partial charge in [-0.15, -0.1) is 0 Å². The summed E-state index contributed by atoms with van der Waals surface area (Å²) in [4.78, 5) is 21.2. The molecule has 0 radical (unpaired) electrons. The van der Waals surface area contributed by atoms with Crippen LogP contribution in [0.5, 0.6) is 5.75 Å². The molecule has 0 spiro atoms. The Hall–Kier alpha value is -1.42. The molecule has 14 heavy (non-hydrogen) atoms. The molecular weight excluding hydrogens is 211 g/mol. The third kappa shape index (κ3) is 3.14. The van der Waals surface area contributed by atoms with Crippen molar-refractivity contribution < 1.29 is 18.7 Å². The molecule has 0 N–H and O–H groups in total. The number of rotatable bonds is 3. The van der Waals surface area contributed by atoms with E-state index in [0.29, 0.717) is 0 Å². The predicted octanol–water partition coefficient (Wildman–Crippen LogP) is 1.89. The second-order valence-corrected chi connectivity index (χ2v) is 2.86. The zero-order chi connectivity index (χ0) is 10.6. The minimum absolute atomic E-state index is 0.213. The van der Waals surface area contributed by atoms with E-state index in [2.05, 4.69) is 4.74 Å². The van der Waals surface area contributed by atoms with Gasteiger partial charge in [-0.2, -0.15) is 0 Å².